The minimum atomic E-state index is -1.13. The topological polar surface area (TPSA) is 91.0 Å². The van der Waals surface area contributed by atoms with Crippen molar-refractivity contribution in [2.24, 2.45) is 0 Å². The Morgan fingerprint density at radius 2 is 2.33 bits per heavy atom. The lowest BCUT2D eigenvalue weighted by molar-refractivity contribution is 0.0693. The van der Waals surface area contributed by atoms with E-state index >= 15 is 0 Å². The molecule has 1 aliphatic rings. The van der Waals surface area contributed by atoms with E-state index < -0.39 is 5.97 Å². The minimum Gasteiger partial charge on any atom is -0.494 e. The summed E-state index contributed by atoms with van der Waals surface area (Å²) in [7, 11) is 1.35. The van der Waals surface area contributed by atoms with E-state index in [9.17, 15) is 4.79 Å². The van der Waals surface area contributed by atoms with E-state index in [1.165, 1.54) is 13.2 Å². The molecule has 0 fully saturated rings. The second kappa shape index (κ2) is 3.23. The predicted molar refractivity (Wildman–Crippen MR) is 50.5 cm³/mol. The van der Waals surface area contributed by atoms with Crippen LogP contribution in [0, 0.1) is 0 Å². The van der Waals surface area contributed by atoms with Crippen LogP contribution in [0.3, 0.4) is 0 Å². The van der Waals surface area contributed by atoms with Crippen molar-refractivity contribution in [3.05, 3.63) is 11.6 Å². The fraction of sp³-hybridized carbons (Fsp3) is 0.222. The van der Waals surface area contributed by atoms with E-state index in [4.69, 9.17) is 25.1 Å². The molecular weight excluding hydrogens is 202 g/mol. The van der Waals surface area contributed by atoms with Crippen LogP contribution in [-0.4, -0.2) is 25.0 Å². The molecule has 0 saturated carbocycles. The highest BCUT2D eigenvalue weighted by Crippen LogP contribution is 2.45. The lowest BCUT2D eigenvalue weighted by Crippen LogP contribution is -2.04. The standard InChI is InChI=1S/C9H9NO5/c1-13-7-4(9(11)12)2-5-8(6(7)10)15-3-14-5/h2H,3,10H2,1H3,(H,11,12). The number of rotatable bonds is 2. The van der Waals surface area contributed by atoms with Crippen molar-refractivity contribution in [3.63, 3.8) is 0 Å². The molecule has 6 nitrogen and oxygen atoms in total. The number of carboxylic acid groups (broad SMARTS) is 1. The fourth-order valence-electron chi connectivity index (χ4n) is 1.43. The second-order valence-electron chi connectivity index (χ2n) is 2.91. The lowest BCUT2D eigenvalue weighted by atomic mass is 10.1. The van der Waals surface area contributed by atoms with Gasteiger partial charge in [-0.3, -0.25) is 0 Å². The first-order chi connectivity index (χ1) is 7.15. The van der Waals surface area contributed by atoms with Crippen molar-refractivity contribution in [2.45, 2.75) is 0 Å². The third-order valence-electron chi connectivity index (χ3n) is 2.09. The Hall–Kier alpha value is -2.11. The van der Waals surface area contributed by atoms with Crippen molar-refractivity contribution in [1.29, 1.82) is 0 Å². The number of carboxylic acids is 1. The number of carbonyl (C=O) groups is 1. The highest BCUT2D eigenvalue weighted by molar-refractivity contribution is 5.95. The van der Waals surface area contributed by atoms with Crippen LogP contribution < -0.4 is 19.9 Å². The van der Waals surface area contributed by atoms with Crippen LogP contribution in [0.15, 0.2) is 6.07 Å². The summed E-state index contributed by atoms with van der Waals surface area (Å²) in [5, 5.41) is 8.92. The summed E-state index contributed by atoms with van der Waals surface area (Å²) in [5.74, 6) is -0.383. The number of aromatic carboxylic acids is 1. The molecule has 80 valence electrons. The van der Waals surface area contributed by atoms with Crippen molar-refractivity contribution < 1.29 is 24.1 Å². The molecule has 0 atom stereocenters. The first-order valence-corrected chi connectivity index (χ1v) is 4.14. The molecule has 0 aliphatic carbocycles. The third-order valence-corrected chi connectivity index (χ3v) is 2.09. The van der Waals surface area contributed by atoms with Gasteiger partial charge >= 0.3 is 5.97 Å². The monoisotopic (exact) mass is 211 g/mol. The summed E-state index contributed by atoms with van der Waals surface area (Å²) in [4.78, 5) is 10.9. The molecule has 0 spiro atoms. The Morgan fingerprint density at radius 1 is 1.60 bits per heavy atom. The van der Waals surface area contributed by atoms with Gasteiger partial charge in [0.15, 0.2) is 17.2 Å². The number of anilines is 1. The molecule has 0 radical (unpaired) electrons. The van der Waals surface area contributed by atoms with Gasteiger partial charge in [-0.25, -0.2) is 4.79 Å². The molecule has 0 amide bonds. The second-order valence-corrected chi connectivity index (χ2v) is 2.91. The predicted octanol–water partition coefficient (Wildman–Crippen LogP) is 0.704. The van der Waals surface area contributed by atoms with Gasteiger partial charge in [0, 0.05) is 6.07 Å². The molecule has 1 aliphatic heterocycles. The summed E-state index contributed by atoms with van der Waals surface area (Å²) >= 11 is 0. The van der Waals surface area contributed by atoms with Crippen LogP contribution in [0.4, 0.5) is 5.69 Å². The van der Waals surface area contributed by atoms with E-state index in [2.05, 4.69) is 0 Å². The molecule has 0 bridgehead atoms. The molecule has 0 saturated heterocycles. The average Bonchev–Trinajstić information content (AvgIpc) is 2.65. The van der Waals surface area contributed by atoms with Crippen LogP contribution in [0.2, 0.25) is 0 Å². The summed E-state index contributed by atoms with van der Waals surface area (Å²) < 4.78 is 15.1. The molecule has 15 heavy (non-hydrogen) atoms. The summed E-state index contributed by atoms with van der Waals surface area (Å²) in [6, 6.07) is 1.33. The lowest BCUT2D eigenvalue weighted by Gasteiger charge is -2.10. The van der Waals surface area contributed by atoms with E-state index in [0.717, 1.165) is 0 Å². The maximum Gasteiger partial charge on any atom is 0.339 e. The van der Waals surface area contributed by atoms with Gasteiger partial charge in [0.2, 0.25) is 6.79 Å². The third kappa shape index (κ3) is 1.30. The van der Waals surface area contributed by atoms with Gasteiger partial charge in [0.05, 0.1) is 7.11 Å². The molecular formula is C9H9NO5. The number of nitrogens with two attached hydrogens (primary N) is 1. The smallest absolute Gasteiger partial charge is 0.339 e. The quantitative estimate of drug-likeness (QED) is 0.700. The van der Waals surface area contributed by atoms with E-state index in [0.29, 0.717) is 11.5 Å². The molecule has 6 heteroatoms. The van der Waals surface area contributed by atoms with Crippen molar-refractivity contribution >= 4 is 11.7 Å². The van der Waals surface area contributed by atoms with Gasteiger partial charge in [0.25, 0.3) is 0 Å². The largest absolute Gasteiger partial charge is 0.494 e. The molecule has 2 rings (SSSR count). The van der Waals surface area contributed by atoms with Crippen molar-refractivity contribution in [1.82, 2.24) is 0 Å². The number of nitrogen functional groups attached to an aromatic ring is 1. The normalized spacial score (nSPS) is 12.6. The first kappa shape index (κ1) is 9.45. The summed E-state index contributed by atoms with van der Waals surface area (Å²) in [5.41, 5.74) is 5.79. The highest BCUT2D eigenvalue weighted by Gasteiger charge is 2.25. The summed E-state index contributed by atoms with van der Waals surface area (Å²) in [6.07, 6.45) is 0. The minimum absolute atomic E-state index is 0.0335. The number of ether oxygens (including phenoxy) is 3. The number of hydrogen-bond acceptors (Lipinski definition) is 5. The SMILES string of the molecule is COc1c(C(=O)O)cc2c(c1N)OCO2. The Morgan fingerprint density at radius 3 is 2.93 bits per heavy atom. The van der Waals surface area contributed by atoms with Crippen molar-refractivity contribution in [3.8, 4) is 17.2 Å². The van der Waals surface area contributed by atoms with E-state index in [1.807, 2.05) is 0 Å². The van der Waals surface area contributed by atoms with Gasteiger partial charge in [-0.05, 0) is 0 Å². The Bertz CT molecular complexity index is 429. The van der Waals surface area contributed by atoms with Crippen LogP contribution in [0.5, 0.6) is 17.2 Å². The Kier molecular flexibility index (Phi) is 2.03. The number of hydrogen-bond donors (Lipinski definition) is 2. The average molecular weight is 211 g/mol. The van der Waals surface area contributed by atoms with Crippen molar-refractivity contribution in [2.75, 3.05) is 19.6 Å². The fourth-order valence-corrected chi connectivity index (χ4v) is 1.43. The van der Waals surface area contributed by atoms with Crippen LogP contribution >= 0.6 is 0 Å². The Labute approximate surface area is 85.2 Å². The zero-order valence-corrected chi connectivity index (χ0v) is 7.94. The maximum atomic E-state index is 10.9. The first-order valence-electron chi connectivity index (χ1n) is 4.14. The van der Waals surface area contributed by atoms with Crippen LogP contribution in [0.25, 0.3) is 0 Å². The van der Waals surface area contributed by atoms with E-state index in [1.54, 1.807) is 0 Å². The van der Waals surface area contributed by atoms with Crippen LogP contribution in [-0.2, 0) is 0 Å². The van der Waals surface area contributed by atoms with Gasteiger partial charge in [-0.1, -0.05) is 0 Å². The molecule has 0 unspecified atom stereocenters. The molecule has 3 N–H and O–H groups in total. The van der Waals surface area contributed by atoms with Gasteiger partial charge in [0.1, 0.15) is 11.3 Å². The molecule has 1 aromatic rings. The zero-order valence-electron chi connectivity index (χ0n) is 7.94. The number of fused-ring (bicyclic) bond motifs is 1. The van der Waals surface area contributed by atoms with E-state index in [-0.39, 0.29) is 23.8 Å². The maximum absolute atomic E-state index is 10.9. The summed E-state index contributed by atoms with van der Waals surface area (Å²) in [6.45, 7) is 0.0335. The molecule has 1 heterocycles. The van der Waals surface area contributed by atoms with Gasteiger partial charge in [-0.2, -0.15) is 0 Å². The molecule has 0 aromatic heterocycles. The van der Waals surface area contributed by atoms with Gasteiger partial charge in [-0.15, -0.1) is 0 Å². The number of benzene rings is 1. The Balaban J connectivity index is 2.66. The number of methoxy groups -OCH3 is 1. The highest BCUT2D eigenvalue weighted by atomic mass is 16.7. The molecule has 1 aromatic carbocycles. The zero-order chi connectivity index (χ0) is 11.0. The van der Waals surface area contributed by atoms with Crippen LogP contribution in [0.1, 0.15) is 10.4 Å². The van der Waals surface area contributed by atoms with Gasteiger partial charge < -0.3 is 25.1 Å².